The van der Waals surface area contributed by atoms with Gasteiger partial charge in [-0.1, -0.05) is 30.4 Å². The molecular formula is C15H18N4S. The van der Waals surface area contributed by atoms with Gasteiger partial charge in [-0.05, 0) is 25.5 Å². The second-order valence-corrected chi connectivity index (χ2v) is 5.26. The summed E-state index contributed by atoms with van der Waals surface area (Å²) in [5, 5.41) is 0. The lowest BCUT2D eigenvalue weighted by Crippen LogP contribution is -2.19. The quantitative estimate of drug-likeness (QED) is 0.875. The van der Waals surface area contributed by atoms with E-state index in [1.807, 2.05) is 45.2 Å². The van der Waals surface area contributed by atoms with Gasteiger partial charge in [-0.25, -0.2) is 4.98 Å². The number of rotatable bonds is 4. The largest absolute Gasteiger partial charge is 0.389 e. The highest BCUT2D eigenvalue weighted by atomic mass is 32.1. The van der Waals surface area contributed by atoms with Gasteiger partial charge < -0.3 is 10.6 Å². The minimum atomic E-state index is 0.417. The molecule has 1 aromatic heterocycles. The Labute approximate surface area is 124 Å². The number of aryl methyl sites for hydroxylation is 2. The molecule has 0 radical (unpaired) electrons. The van der Waals surface area contributed by atoms with E-state index >= 15 is 0 Å². The molecule has 2 rings (SSSR count). The number of benzene rings is 1. The van der Waals surface area contributed by atoms with Gasteiger partial charge in [0.1, 0.15) is 10.8 Å². The van der Waals surface area contributed by atoms with Crippen LogP contribution >= 0.6 is 12.2 Å². The third-order valence-corrected chi connectivity index (χ3v) is 3.44. The highest BCUT2D eigenvalue weighted by Gasteiger charge is 2.07. The Morgan fingerprint density at radius 1 is 1.30 bits per heavy atom. The Kier molecular flexibility index (Phi) is 4.29. The summed E-state index contributed by atoms with van der Waals surface area (Å²) in [6, 6.07) is 7.94. The summed E-state index contributed by atoms with van der Waals surface area (Å²) in [7, 11) is 1.99. The van der Waals surface area contributed by atoms with Crippen molar-refractivity contribution in [2.24, 2.45) is 5.73 Å². The van der Waals surface area contributed by atoms with Gasteiger partial charge in [-0.3, -0.25) is 4.98 Å². The van der Waals surface area contributed by atoms with Crippen molar-refractivity contribution in [3.63, 3.8) is 0 Å². The summed E-state index contributed by atoms with van der Waals surface area (Å²) in [6.07, 6.45) is 1.79. The predicted molar refractivity (Wildman–Crippen MR) is 85.9 cm³/mol. The second-order valence-electron chi connectivity index (χ2n) is 4.82. The Balaban J connectivity index is 2.18. The summed E-state index contributed by atoms with van der Waals surface area (Å²) in [5.74, 6) is 0.855. The molecule has 2 N–H and O–H groups in total. The minimum Gasteiger partial charge on any atom is -0.389 e. The summed E-state index contributed by atoms with van der Waals surface area (Å²) in [4.78, 5) is 11.4. The first-order chi connectivity index (χ1) is 9.47. The van der Waals surface area contributed by atoms with Gasteiger partial charge in [0.05, 0.1) is 17.6 Å². The van der Waals surface area contributed by atoms with E-state index in [0.717, 1.165) is 34.9 Å². The third kappa shape index (κ3) is 3.30. The van der Waals surface area contributed by atoms with E-state index in [2.05, 4.69) is 14.9 Å². The van der Waals surface area contributed by atoms with E-state index in [1.54, 1.807) is 6.20 Å². The van der Waals surface area contributed by atoms with Crippen LogP contribution in [0.25, 0.3) is 0 Å². The van der Waals surface area contributed by atoms with Crippen LogP contribution in [0.5, 0.6) is 0 Å². The van der Waals surface area contributed by atoms with Crippen molar-refractivity contribution in [2.45, 2.75) is 20.4 Å². The third-order valence-electron chi connectivity index (χ3n) is 3.20. The molecule has 0 aliphatic rings. The molecule has 0 amide bonds. The minimum absolute atomic E-state index is 0.417. The van der Waals surface area contributed by atoms with Crippen LogP contribution in [0.4, 0.5) is 5.82 Å². The number of hydrogen-bond donors (Lipinski definition) is 1. The lowest BCUT2D eigenvalue weighted by Gasteiger charge is -2.19. The molecule has 2 aromatic rings. The molecule has 0 fully saturated rings. The molecule has 0 aliphatic carbocycles. The maximum Gasteiger partial charge on any atom is 0.147 e. The standard InChI is InChI=1S/C15H18N4S/c1-10-11(2)18-14(8-17-10)19(3)9-12-5-4-6-13(7-12)15(16)20/h4-8H,9H2,1-3H3,(H2,16,20). The average molecular weight is 286 g/mol. The lowest BCUT2D eigenvalue weighted by molar-refractivity contribution is 0.875. The molecule has 0 saturated heterocycles. The zero-order valence-electron chi connectivity index (χ0n) is 11.9. The maximum atomic E-state index is 5.66. The molecule has 104 valence electrons. The zero-order valence-corrected chi connectivity index (χ0v) is 12.7. The van der Waals surface area contributed by atoms with Crippen LogP contribution in [-0.4, -0.2) is 22.0 Å². The highest BCUT2D eigenvalue weighted by molar-refractivity contribution is 7.80. The van der Waals surface area contributed by atoms with E-state index in [0.29, 0.717) is 4.99 Å². The summed E-state index contributed by atoms with van der Waals surface area (Å²) in [6.45, 7) is 4.65. The molecule has 0 bridgehead atoms. The number of hydrogen-bond acceptors (Lipinski definition) is 4. The molecule has 0 spiro atoms. The number of anilines is 1. The Morgan fingerprint density at radius 3 is 2.70 bits per heavy atom. The monoisotopic (exact) mass is 286 g/mol. The molecule has 5 heteroatoms. The molecule has 0 atom stereocenters. The normalized spacial score (nSPS) is 10.3. The Morgan fingerprint density at radius 2 is 2.05 bits per heavy atom. The van der Waals surface area contributed by atoms with E-state index in [1.165, 1.54) is 0 Å². The lowest BCUT2D eigenvalue weighted by atomic mass is 10.1. The number of nitrogens with zero attached hydrogens (tertiary/aromatic N) is 3. The molecule has 0 saturated carbocycles. The molecule has 20 heavy (non-hydrogen) atoms. The van der Waals surface area contributed by atoms with Gasteiger partial charge in [0.25, 0.3) is 0 Å². The molecule has 0 unspecified atom stereocenters. The van der Waals surface area contributed by atoms with Crippen LogP contribution in [0.15, 0.2) is 30.5 Å². The molecule has 1 heterocycles. The maximum absolute atomic E-state index is 5.66. The topological polar surface area (TPSA) is 55.0 Å². The average Bonchev–Trinajstić information content (AvgIpc) is 2.42. The first kappa shape index (κ1) is 14.4. The van der Waals surface area contributed by atoms with Crippen LogP contribution in [-0.2, 0) is 6.54 Å². The summed E-state index contributed by atoms with van der Waals surface area (Å²) >= 11 is 5.00. The SMILES string of the molecule is Cc1ncc(N(C)Cc2cccc(C(N)=S)c2)nc1C. The number of nitrogens with two attached hydrogens (primary N) is 1. The summed E-state index contributed by atoms with van der Waals surface area (Å²) in [5.41, 5.74) is 9.59. The van der Waals surface area contributed by atoms with Crippen molar-refractivity contribution >= 4 is 23.0 Å². The van der Waals surface area contributed by atoms with Gasteiger partial charge in [0, 0.05) is 19.2 Å². The highest BCUT2D eigenvalue weighted by Crippen LogP contribution is 2.14. The van der Waals surface area contributed by atoms with Gasteiger partial charge in [0.15, 0.2) is 0 Å². The van der Waals surface area contributed by atoms with Gasteiger partial charge in [-0.2, -0.15) is 0 Å². The fraction of sp³-hybridized carbons (Fsp3) is 0.267. The van der Waals surface area contributed by atoms with Crippen LogP contribution in [0.1, 0.15) is 22.5 Å². The van der Waals surface area contributed by atoms with E-state index in [9.17, 15) is 0 Å². The fourth-order valence-corrected chi connectivity index (χ4v) is 2.02. The van der Waals surface area contributed by atoms with Gasteiger partial charge in [0.2, 0.25) is 0 Å². The second kappa shape index (κ2) is 5.96. The van der Waals surface area contributed by atoms with Crippen LogP contribution in [0, 0.1) is 13.8 Å². The number of aromatic nitrogens is 2. The van der Waals surface area contributed by atoms with Crippen molar-refractivity contribution in [1.82, 2.24) is 9.97 Å². The van der Waals surface area contributed by atoms with Crippen molar-refractivity contribution < 1.29 is 0 Å². The molecular weight excluding hydrogens is 268 g/mol. The van der Waals surface area contributed by atoms with Crippen molar-refractivity contribution in [3.8, 4) is 0 Å². The van der Waals surface area contributed by atoms with Crippen molar-refractivity contribution in [3.05, 3.63) is 53.0 Å². The van der Waals surface area contributed by atoms with E-state index in [-0.39, 0.29) is 0 Å². The fourth-order valence-electron chi connectivity index (χ4n) is 1.89. The molecule has 0 aliphatic heterocycles. The van der Waals surface area contributed by atoms with Crippen LogP contribution < -0.4 is 10.6 Å². The van der Waals surface area contributed by atoms with Crippen LogP contribution in [0.3, 0.4) is 0 Å². The molecule has 4 nitrogen and oxygen atoms in total. The van der Waals surface area contributed by atoms with Gasteiger partial charge in [-0.15, -0.1) is 0 Å². The molecule has 1 aromatic carbocycles. The Hall–Kier alpha value is -2.01. The smallest absolute Gasteiger partial charge is 0.147 e. The number of thiocarbonyl (C=S) groups is 1. The first-order valence-electron chi connectivity index (χ1n) is 6.37. The predicted octanol–water partition coefficient (Wildman–Crippen LogP) is 2.36. The van der Waals surface area contributed by atoms with E-state index < -0.39 is 0 Å². The summed E-state index contributed by atoms with van der Waals surface area (Å²) < 4.78 is 0. The zero-order chi connectivity index (χ0) is 14.7. The van der Waals surface area contributed by atoms with Crippen LogP contribution in [0.2, 0.25) is 0 Å². The van der Waals surface area contributed by atoms with Crippen molar-refractivity contribution in [2.75, 3.05) is 11.9 Å². The van der Waals surface area contributed by atoms with E-state index in [4.69, 9.17) is 18.0 Å². The van der Waals surface area contributed by atoms with Crippen molar-refractivity contribution in [1.29, 1.82) is 0 Å². The first-order valence-corrected chi connectivity index (χ1v) is 6.78. The Bertz CT molecular complexity index is 640. The van der Waals surface area contributed by atoms with Gasteiger partial charge >= 0.3 is 0 Å².